The first kappa shape index (κ1) is 24.5. The number of aliphatic hydroxyl groups is 1. The maximum absolute atomic E-state index is 14.0. The lowest BCUT2D eigenvalue weighted by Crippen LogP contribution is -2.50. The van der Waals surface area contributed by atoms with E-state index in [9.17, 15) is 19.1 Å². The Labute approximate surface area is 214 Å². The van der Waals surface area contributed by atoms with Crippen LogP contribution < -0.4 is 10.6 Å². The van der Waals surface area contributed by atoms with Crippen LogP contribution in [-0.4, -0.2) is 71.6 Å². The van der Waals surface area contributed by atoms with Crippen LogP contribution in [0.5, 0.6) is 0 Å². The van der Waals surface area contributed by atoms with Crippen molar-refractivity contribution in [1.82, 2.24) is 34.7 Å². The fourth-order valence-electron chi connectivity index (χ4n) is 4.19. The third kappa shape index (κ3) is 5.04. The van der Waals surface area contributed by atoms with Crippen molar-refractivity contribution >= 4 is 45.1 Å². The summed E-state index contributed by atoms with van der Waals surface area (Å²) in [6.45, 7) is 4.43. The molecular weight excluding hydrogens is 499 g/mol. The number of likely N-dealkylation sites (tertiary alicyclic amines) is 1. The number of halogens is 1. The van der Waals surface area contributed by atoms with Crippen molar-refractivity contribution in [2.24, 2.45) is 0 Å². The summed E-state index contributed by atoms with van der Waals surface area (Å²) in [6, 6.07) is 3.75. The summed E-state index contributed by atoms with van der Waals surface area (Å²) >= 11 is 1.25. The van der Waals surface area contributed by atoms with Gasteiger partial charge in [0.25, 0.3) is 0 Å². The molecule has 0 aromatic carbocycles. The minimum atomic E-state index is -0.937. The molecule has 5 heterocycles. The second-order valence-corrected chi connectivity index (χ2v) is 9.34. The van der Waals surface area contributed by atoms with Gasteiger partial charge in [0.2, 0.25) is 11.8 Å². The number of thiazole rings is 1. The normalized spacial score (nSPS) is 17.2. The number of pyridine rings is 2. The number of amides is 2. The number of fused-ring (bicyclic) bond motifs is 1. The van der Waals surface area contributed by atoms with Gasteiger partial charge < -0.3 is 25.2 Å². The molecule has 11 nitrogen and oxygen atoms in total. The first-order valence-electron chi connectivity index (χ1n) is 11.5. The Bertz CT molecular complexity index is 1470. The minimum absolute atomic E-state index is 0.235. The Kier molecular flexibility index (Phi) is 6.88. The lowest BCUT2D eigenvalue weighted by atomic mass is 10.1. The smallest absolute Gasteiger partial charge is 0.246 e. The van der Waals surface area contributed by atoms with E-state index in [1.165, 1.54) is 34.6 Å². The molecule has 4 aromatic rings. The van der Waals surface area contributed by atoms with Crippen molar-refractivity contribution < 1.29 is 19.1 Å². The van der Waals surface area contributed by atoms with E-state index in [1.807, 2.05) is 4.57 Å². The van der Waals surface area contributed by atoms with E-state index in [1.54, 1.807) is 24.8 Å². The molecule has 1 aliphatic rings. The van der Waals surface area contributed by atoms with Gasteiger partial charge in [0.1, 0.15) is 28.9 Å². The third-order valence-electron chi connectivity index (χ3n) is 5.98. The summed E-state index contributed by atoms with van der Waals surface area (Å²) < 4.78 is 15.9. The van der Waals surface area contributed by atoms with Gasteiger partial charge in [-0.2, -0.15) is 0 Å². The molecule has 0 unspecified atom stereocenters. The monoisotopic (exact) mass is 522 g/mol. The minimum Gasteiger partial charge on any atom is -0.390 e. The number of anilines is 2. The van der Waals surface area contributed by atoms with Crippen LogP contribution in [0.4, 0.5) is 15.3 Å². The van der Waals surface area contributed by atoms with Crippen molar-refractivity contribution in [2.75, 3.05) is 18.4 Å². The van der Waals surface area contributed by atoms with Crippen molar-refractivity contribution in [3.8, 4) is 10.6 Å². The molecule has 2 amide bonds. The average Bonchev–Trinajstić information content (AvgIpc) is 3.63. The van der Waals surface area contributed by atoms with Gasteiger partial charge in [0, 0.05) is 38.1 Å². The van der Waals surface area contributed by atoms with Crippen LogP contribution in [0.1, 0.15) is 6.42 Å². The van der Waals surface area contributed by atoms with E-state index in [0.717, 1.165) is 11.6 Å². The number of nitrogens with zero attached hydrogens (tertiary/aromatic N) is 6. The van der Waals surface area contributed by atoms with Crippen molar-refractivity contribution in [2.45, 2.75) is 25.1 Å². The Morgan fingerprint density at radius 1 is 1.27 bits per heavy atom. The first-order valence-corrected chi connectivity index (χ1v) is 12.3. The lowest BCUT2D eigenvalue weighted by molar-refractivity contribution is -0.137. The van der Waals surface area contributed by atoms with Crippen LogP contribution in [0.25, 0.3) is 21.6 Å². The standard InChI is InChI=1S/C24H23FN8O3S/c1-2-20(35)33-8-5-17(34)22(33)23(36)27-7-9-32-13-30-15-11-28-19(10-16(15)32)31-24-29-12-18(37-24)21-14(25)4-3-6-26-21/h2-4,6,10-13,17,22,34H,1,5,7-9H2,(H,27,36)(H,28,29,31)/t17-,22+/m0/s1. The van der Waals surface area contributed by atoms with E-state index in [4.69, 9.17) is 0 Å². The Balaban J connectivity index is 1.24. The van der Waals surface area contributed by atoms with E-state index in [-0.39, 0.29) is 18.1 Å². The Morgan fingerprint density at radius 2 is 2.14 bits per heavy atom. The molecule has 3 N–H and O–H groups in total. The maximum Gasteiger partial charge on any atom is 0.246 e. The van der Waals surface area contributed by atoms with Crippen LogP contribution in [0.2, 0.25) is 0 Å². The van der Waals surface area contributed by atoms with Crippen LogP contribution in [-0.2, 0) is 16.1 Å². The van der Waals surface area contributed by atoms with E-state index in [2.05, 4.69) is 37.1 Å². The summed E-state index contributed by atoms with van der Waals surface area (Å²) in [7, 11) is 0. The highest BCUT2D eigenvalue weighted by Gasteiger charge is 2.39. The summed E-state index contributed by atoms with van der Waals surface area (Å²) in [5.74, 6) is -0.705. The van der Waals surface area contributed by atoms with Crippen LogP contribution >= 0.6 is 11.3 Å². The number of rotatable bonds is 8. The summed E-state index contributed by atoms with van der Waals surface area (Å²) in [6.07, 6.45) is 6.89. The molecule has 0 saturated carbocycles. The van der Waals surface area contributed by atoms with Gasteiger partial charge in [-0.15, -0.1) is 0 Å². The van der Waals surface area contributed by atoms with Crippen molar-refractivity contribution in [3.05, 3.63) is 61.6 Å². The molecular formula is C24H23FN8O3S. The number of carbonyl (C=O) groups is 2. The SMILES string of the molecule is C=CC(=O)N1CC[C@H](O)[C@@H]1C(=O)NCCn1cnc2cnc(Nc3ncc(-c4ncccc4F)s3)cc21. The van der Waals surface area contributed by atoms with Crippen molar-refractivity contribution in [3.63, 3.8) is 0 Å². The predicted octanol–water partition coefficient (Wildman–Crippen LogP) is 2.10. The lowest BCUT2D eigenvalue weighted by Gasteiger charge is -2.24. The number of imidazole rings is 1. The van der Waals surface area contributed by atoms with Gasteiger partial charge in [0.15, 0.2) is 5.13 Å². The van der Waals surface area contributed by atoms with Gasteiger partial charge in [-0.1, -0.05) is 17.9 Å². The molecule has 1 fully saturated rings. The number of nitrogens with one attached hydrogen (secondary N) is 2. The van der Waals surface area contributed by atoms with Gasteiger partial charge in [0.05, 0.1) is 29.0 Å². The predicted molar refractivity (Wildman–Crippen MR) is 135 cm³/mol. The molecule has 5 rings (SSSR count). The Morgan fingerprint density at radius 3 is 2.95 bits per heavy atom. The molecule has 0 spiro atoms. The summed E-state index contributed by atoms with van der Waals surface area (Å²) in [5, 5.41) is 16.6. The fraction of sp³-hybridized carbons (Fsp3) is 0.250. The molecule has 0 radical (unpaired) electrons. The summed E-state index contributed by atoms with van der Waals surface area (Å²) in [5.41, 5.74) is 1.68. The quantitative estimate of drug-likeness (QED) is 0.299. The maximum atomic E-state index is 14.0. The molecule has 1 aliphatic heterocycles. The largest absolute Gasteiger partial charge is 0.390 e. The fourth-order valence-corrected chi connectivity index (χ4v) is 5.01. The zero-order valence-corrected chi connectivity index (χ0v) is 20.4. The topological polar surface area (TPSA) is 138 Å². The zero-order chi connectivity index (χ0) is 25.9. The number of aromatic nitrogens is 5. The van der Waals surface area contributed by atoms with Crippen LogP contribution in [0.3, 0.4) is 0 Å². The third-order valence-corrected chi connectivity index (χ3v) is 6.90. The first-order chi connectivity index (χ1) is 17.9. The molecule has 37 heavy (non-hydrogen) atoms. The van der Waals surface area contributed by atoms with E-state index >= 15 is 0 Å². The van der Waals surface area contributed by atoms with Gasteiger partial charge >= 0.3 is 0 Å². The van der Waals surface area contributed by atoms with Gasteiger partial charge in [-0.05, 0) is 24.6 Å². The number of hydrogen-bond donors (Lipinski definition) is 3. The number of carbonyl (C=O) groups excluding carboxylic acids is 2. The Hall–Kier alpha value is -4.23. The van der Waals surface area contributed by atoms with Crippen molar-refractivity contribution in [1.29, 1.82) is 0 Å². The zero-order valence-electron chi connectivity index (χ0n) is 19.5. The highest BCUT2D eigenvalue weighted by Crippen LogP contribution is 2.31. The molecule has 2 atom stereocenters. The highest BCUT2D eigenvalue weighted by atomic mass is 32.1. The molecule has 0 bridgehead atoms. The molecule has 0 aliphatic carbocycles. The molecule has 190 valence electrons. The second kappa shape index (κ2) is 10.4. The van der Waals surface area contributed by atoms with Crippen LogP contribution in [0, 0.1) is 5.82 Å². The van der Waals surface area contributed by atoms with E-state index < -0.39 is 23.9 Å². The van der Waals surface area contributed by atoms with Gasteiger partial charge in [-0.3, -0.25) is 14.6 Å². The number of hydrogen-bond acceptors (Lipinski definition) is 9. The number of aliphatic hydroxyl groups excluding tert-OH is 1. The summed E-state index contributed by atoms with van der Waals surface area (Å²) in [4.78, 5) is 43.7. The average molecular weight is 523 g/mol. The van der Waals surface area contributed by atoms with Gasteiger partial charge in [-0.25, -0.2) is 19.3 Å². The highest BCUT2D eigenvalue weighted by molar-refractivity contribution is 7.18. The van der Waals surface area contributed by atoms with E-state index in [0.29, 0.717) is 40.9 Å². The molecule has 4 aromatic heterocycles. The molecule has 1 saturated heterocycles. The molecule has 13 heteroatoms. The second-order valence-electron chi connectivity index (χ2n) is 8.31. The van der Waals surface area contributed by atoms with Crippen LogP contribution in [0.15, 0.2) is 55.8 Å².